The molecule has 8 nitrogen and oxygen atoms in total. The number of nitrogens with one attached hydrogen (secondary N) is 2. The SMILES string of the molecule is CCOC(=O)N1CCC(NC(N)=NCCc2c[nH]c3cccc(OC)c23)CC1. The minimum absolute atomic E-state index is 0.225. The van der Waals surface area contributed by atoms with Crippen molar-refractivity contribution in [3.05, 3.63) is 30.0 Å². The summed E-state index contributed by atoms with van der Waals surface area (Å²) in [5.41, 5.74) is 8.27. The Hall–Kier alpha value is -2.90. The maximum atomic E-state index is 11.7. The number of fused-ring (bicyclic) bond motifs is 1. The second-order valence-corrected chi connectivity index (χ2v) is 6.82. The zero-order chi connectivity index (χ0) is 19.9. The number of rotatable bonds is 6. The number of aliphatic imine (C=N–C) groups is 1. The molecule has 1 aromatic heterocycles. The largest absolute Gasteiger partial charge is 0.496 e. The molecule has 1 aromatic carbocycles. The van der Waals surface area contributed by atoms with Crippen molar-refractivity contribution in [3.8, 4) is 5.75 Å². The van der Waals surface area contributed by atoms with Gasteiger partial charge in [-0.25, -0.2) is 4.79 Å². The lowest BCUT2D eigenvalue weighted by atomic mass is 10.1. The van der Waals surface area contributed by atoms with E-state index in [1.807, 2.05) is 31.3 Å². The number of ether oxygens (including phenoxy) is 2. The number of carbonyl (C=O) groups excluding carboxylic acids is 1. The summed E-state index contributed by atoms with van der Waals surface area (Å²) in [6, 6.07) is 6.18. The van der Waals surface area contributed by atoms with Crippen LogP contribution >= 0.6 is 0 Å². The number of methoxy groups -OCH3 is 1. The number of piperidine rings is 1. The van der Waals surface area contributed by atoms with Gasteiger partial charge in [0, 0.05) is 42.8 Å². The van der Waals surface area contributed by atoms with Crippen molar-refractivity contribution < 1.29 is 14.3 Å². The van der Waals surface area contributed by atoms with Crippen LogP contribution in [0.2, 0.25) is 0 Å². The zero-order valence-electron chi connectivity index (χ0n) is 16.5. The number of hydrogen-bond acceptors (Lipinski definition) is 4. The van der Waals surface area contributed by atoms with E-state index in [0.29, 0.717) is 32.2 Å². The van der Waals surface area contributed by atoms with E-state index in [1.165, 1.54) is 0 Å². The highest BCUT2D eigenvalue weighted by Crippen LogP contribution is 2.28. The lowest BCUT2D eigenvalue weighted by Gasteiger charge is -2.31. The molecule has 0 aliphatic carbocycles. The predicted molar refractivity (Wildman–Crippen MR) is 110 cm³/mol. The Kier molecular flexibility index (Phi) is 6.62. The number of guanidine groups is 1. The van der Waals surface area contributed by atoms with Crippen LogP contribution in [0.5, 0.6) is 5.75 Å². The number of aromatic nitrogens is 1. The van der Waals surface area contributed by atoms with E-state index >= 15 is 0 Å². The lowest BCUT2D eigenvalue weighted by Crippen LogP contribution is -2.48. The van der Waals surface area contributed by atoms with Crippen LogP contribution in [-0.4, -0.2) is 61.3 Å². The molecular formula is C20H29N5O3. The fourth-order valence-electron chi connectivity index (χ4n) is 3.56. The van der Waals surface area contributed by atoms with Crippen LogP contribution in [0.3, 0.4) is 0 Å². The predicted octanol–water partition coefficient (Wildman–Crippen LogP) is 2.24. The third-order valence-electron chi connectivity index (χ3n) is 5.01. The second-order valence-electron chi connectivity index (χ2n) is 6.82. The molecule has 1 aliphatic rings. The van der Waals surface area contributed by atoms with Crippen LogP contribution in [-0.2, 0) is 11.2 Å². The molecule has 4 N–H and O–H groups in total. The zero-order valence-corrected chi connectivity index (χ0v) is 16.5. The molecule has 2 heterocycles. The van der Waals surface area contributed by atoms with Gasteiger partial charge in [-0.15, -0.1) is 0 Å². The number of likely N-dealkylation sites (tertiary alicyclic amines) is 1. The van der Waals surface area contributed by atoms with Gasteiger partial charge in [0.1, 0.15) is 5.75 Å². The summed E-state index contributed by atoms with van der Waals surface area (Å²) < 4.78 is 10.5. The van der Waals surface area contributed by atoms with Crippen molar-refractivity contribution in [1.82, 2.24) is 15.2 Å². The molecule has 0 radical (unpaired) electrons. The van der Waals surface area contributed by atoms with Crippen molar-refractivity contribution in [2.75, 3.05) is 33.4 Å². The number of carbonyl (C=O) groups is 1. The summed E-state index contributed by atoms with van der Waals surface area (Å²) >= 11 is 0. The molecule has 3 rings (SSSR count). The van der Waals surface area contributed by atoms with Crippen LogP contribution in [0.25, 0.3) is 10.9 Å². The highest BCUT2D eigenvalue weighted by Gasteiger charge is 2.23. The fraction of sp³-hybridized carbons (Fsp3) is 0.500. The van der Waals surface area contributed by atoms with Gasteiger partial charge >= 0.3 is 6.09 Å². The topological polar surface area (TPSA) is 105 Å². The van der Waals surface area contributed by atoms with E-state index in [4.69, 9.17) is 15.2 Å². The Morgan fingerprint density at radius 2 is 2.18 bits per heavy atom. The van der Waals surface area contributed by atoms with Gasteiger partial charge in [-0.2, -0.15) is 0 Å². The van der Waals surface area contributed by atoms with Crippen molar-refractivity contribution in [2.45, 2.75) is 32.2 Å². The second kappa shape index (κ2) is 9.34. The molecule has 1 saturated heterocycles. The van der Waals surface area contributed by atoms with Crippen molar-refractivity contribution in [1.29, 1.82) is 0 Å². The first kappa shape index (κ1) is 19.9. The molecule has 8 heteroatoms. The van der Waals surface area contributed by atoms with Crippen LogP contribution in [0, 0.1) is 0 Å². The fourth-order valence-corrected chi connectivity index (χ4v) is 3.56. The standard InChI is InChI=1S/C20H29N5O3/c1-3-28-20(26)25-11-8-15(9-12-25)24-19(21)22-10-7-14-13-23-16-5-4-6-17(27-2)18(14)16/h4-6,13,15,23H,3,7-12H2,1-2H3,(H3,21,22,24). The van der Waals surface area contributed by atoms with E-state index in [0.717, 1.165) is 41.5 Å². The van der Waals surface area contributed by atoms with Gasteiger partial charge in [-0.05, 0) is 43.9 Å². The van der Waals surface area contributed by atoms with Gasteiger partial charge in [-0.3, -0.25) is 4.99 Å². The molecule has 0 atom stereocenters. The molecule has 0 bridgehead atoms. The summed E-state index contributed by atoms with van der Waals surface area (Å²) in [4.78, 5) is 21.2. The molecule has 2 aromatic rings. The monoisotopic (exact) mass is 387 g/mol. The summed E-state index contributed by atoms with van der Waals surface area (Å²) in [5.74, 6) is 1.30. The molecule has 0 spiro atoms. The maximum absolute atomic E-state index is 11.7. The third kappa shape index (κ3) is 4.68. The lowest BCUT2D eigenvalue weighted by molar-refractivity contribution is 0.0963. The number of amides is 1. The van der Waals surface area contributed by atoms with Crippen LogP contribution in [0.4, 0.5) is 4.79 Å². The van der Waals surface area contributed by atoms with E-state index in [1.54, 1.807) is 12.0 Å². The van der Waals surface area contributed by atoms with E-state index in [2.05, 4.69) is 15.3 Å². The van der Waals surface area contributed by atoms with Gasteiger partial charge in [0.25, 0.3) is 0 Å². The number of aromatic amines is 1. The minimum Gasteiger partial charge on any atom is -0.496 e. The Morgan fingerprint density at radius 3 is 2.89 bits per heavy atom. The summed E-state index contributed by atoms with van der Waals surface area (Å²) in [6.07, 6.45) is 4.18. The van der Waals surface area contributed by atoms with Crippen LogP contribution in [0.15, 0.2) is 29.4 Å². The van der Waals surface area contributed by atoms with Crippen molar-refractivity contribution in [2.24, 2.45) is 10.7 Å². The average Bonchev–Trinajstić information content (AvgIpc) is 3.12. The molecule has 28 heavy (non-hydrogen) atoms. The van der Waals surface area contributed by atoms with Crippen LogP contribution < -0.4 is 15.8 Å². The Morgan fingerprint density at radius 1 is 1.39 bits per heavy atom. The molecule has 0 unspecified atom stereocenters. The van der Waals surface area contributed by atoms with Gasteiger partial charge in [-0.1, -0.05) is 6.07 Å². The Balaban J connectivity index is 1.49. The van der Waals surface area contributed by atoms with E-state index in [-0.39, 0.29) is 12.1 Å². The molecule has 1 amide bonds. The van der Waals surface area contributed by atoms with Crippen molar-refractivity contribution in [3.63, 3.8) is 0 Å². The number of hydrogen-bond donors (Lipinski definition) is 3. The van der Waals surface area contributed by atoms with Crippen LogP contribution in [0.1, 0.15) is 25.3 Å². The molecular weight excluding hydrogens is 358 g/mol. The summed E-state index contributed by atoms with van der Waals surface area (Å²) in [6.45, 7) is 4.14. The van der Waals surface area contributed by atoms with Gasteiger partial charge in [0.2, 0.25) is 0 Å². The molecule has 0 saturated carbocycles. The summed E-state index contributed by atoms with van der Waals surface area (Å²) in [7, 11) is 1.68. The quantitative estimate of drug-likeness (QED) is 0.521. The average molecular weight is 387 g/mol. The first-order valence-corrected chi connectivity index (χ1v) is 9.73. The first-order valence-electron chi connectivity index (χ1n) is 9.73. The van der Waals surface area contributed by atoms with Gasteiger partial charge < -0.3 is 30.4 Å². The van der Waals surface area contributed by atoms with E-state index < -0.39 is 0 Å². The maximum Gasteiger partial charge on any atom is 0.409 e. The highest BCUT2D eigenvalue weighted by molar-refractivity contribution is 5.89. The number of nitrogens with two attached hydrogens (primary N) is 1. The smallest absolute Gasteiger partial charge is 0.409 e. The normalized spacial score (nSPS) is 15.6. The van der Waals surface area contributed by atoms with Gasteiger partial charge in [0.15, 0.2) is 5.96 Å². The molecule has 152 valence electrons. The van der Waals surface area contributed by atoms with Gasteiger partial charge in [0.05, 0.1) is 13.7 Å². The summed E-state index contributed by atoms with van der Waals surface area (Å²) in [5, 5.41) is 4.36. The highest BCUT2D eigenvalue weighted by atomic mass is 16.6. The molecule has 1 aliphatic heterocycles. The minimum atomic E-state index is -0.239. The number of benzene rings is 1. The first-order chi connectivity index (χ1) is 13.6. The van der Waals surface area contributed by atoms with E-state index in [9.17, 15) is 4.79 Å². The Bertz CT molecular complexity index is 824. The Labute approximate surface area is 165 Å². The number of nitrogens with zero attached hydrogens (tertiary/aromatic N) is 2. The third-order valence-corrected chi connectivity index (χ3v) is 5.01. The number of H-pyrrole nitrogens is 1. The molecule has 1 fully saturated rings. The van der Waals surface area contributed by atoms with Crippen molar-refractivity contribution >= 4 is 23.0 Å².